The van der Waals surface area contributed by atoms with Crippen molar-refractivity contribution >= 4 is 0 Å². The summed E-state index contributed by atoms with van der Waals surface area (Å²) in [6, 6.07) is 0. The monoisotopic (exact) mass is 220 g/mol. The molecule has 84 valence electrons. The summed E-state index contributed by atoms with van der Waals surface area (Å²) in [6.07, 6.45) is -9.03. The van der Waals surface area contributed by atoms with Crippen LogP contribution in [0.25, 0.3) is 0 Å². The lowest BCUT2D eigenvalue weighted by molar-refractivity contribution is -0.310. The predicted octanol–water partition coefficient (Wildman–Crippen LogP) is 3.63. The van der Waals surface area contributed by atoms with Crippen molar-refractivity contribution in [3.05, 3.63) is 0 Å². The van der Waals surface area contributed by atoms with E-state index in [4.69, 9.17) is 0 Å². The van der Waals surface area contributed by atoms with Crippen molar-refractivity contribution in [3.8, 4) is 0 Å². The second kappa shape index (κ2) is 3.03. The first-order valence-corrected chi connectivity index (χ1v) is 4.20. The van der Waals surface area contributed by atoms with Crippen LogP contribution in [0.15, 0.2) is 0 Å². The molecule has 6 heteroatoms. The molecule has 0 bridgehead atoms. The van der Waals surface area contributed by atoms with Gasteiger partial charge in [0.05, 0.1) is 11.8 Å². The van der Waals surface area contributed by atoms with Crippen LogP contribution >= 0.6 is 0 Å². The highest BCUT2D eigenvalue weighted by Gasteiger charge is 2.65. The predicted molar refractivity (Wildman–Crippen MR) is 37.4 cm³/mol. The standard InChI is InChI=1S/C8H10F6/c1-3-5(7(9,10)11)4(2)6(3)8(12,13)14/h3-6H,1-2H3. The Morgan fingerprint density at radius 3 is 1.00 bits per heavy atom. The highest BCUT2D eigenvalue weighted by Crippen LogP contribution is 2.58. The highest BCUT2D eigenvalue weighted by atomic mass is 19.4. The Kier molecular flexibility index (Phi) is 2.53. The molecular formula is C8H10F6. The average molecular weight is 220 g/mol. The minimum absolute atomic E-state index is 1.01. The van der Waals surface area contributed by atoms with Gasteiger partial charge < -0.3 is 0 Å². The zero-order chi connectivity index (χ0) is 11.3. The Bertz CT molecular complexity index is 183. The van der Waals surface area contributed by atoms with Crippen LogP contribution in [-0.2, 0) is 0 Å². The molecule has 0 N–H and O–H groups in total. The van der Waals surface area contributed by atoms with Gasteiger partial charge in [0.1, 0.15) is 0 Å². The van der Waals surface area contributed by atoms with Crippen molar-refractivity contribution in [3.63, 3.8) is 0 Å². The minimum atomic E-state index is -4.51. The summed E-state index contributed by atoms with van der Waals surface area (Å²) in [6.45, 7) is 2.02. The lowest BCUT2D eigenvalue weighted by atomic mass is 9.57. The van der Waals surface area contributed by atoms with Crippen LogP contribution in [0, 0.1) is 23.7 Å². The van der Waals surface area contributed by atoms with Gasteiger partial charge in [-0.3, -0.25) is 0 Å². The van der Waals surface area contributed by atoms with Crippen molar-refractivity contribution in [2.24, 2.45) is 23.7 Å². The van der Waals surface area contributed by atoms with Crippen molar-refractivity contribution < 1.29 is 26.3 Å². The number of rotatable bonds is 0. The topological polar surface area (TPSA) is 0 Å². The molecule has 0 unspecified atom stereocenters. The number of alkyl halides is 6. The molecule has 0 spiro atoms. The van der Waals surface area contributed by atoms with Gasteiger partial charge in [0.2, 0.25) is 0 Å². The molecule has 1 rings (SSSR count). The van der Waals surface area contributed by atoms with Gasteiger partial charge in [0, 0.05) is 0 Å². The summed E-state index contributed by atoms with van der Waals surface area (Å²) in [5.74, 6) is -6.33. The van der Waals surface area contributed by atoms with E-state index in [2.05, 4.69) is 0 Å². The summed E-state index contributed by atoms with van der Waals surface area (Å²) < 4.78 is 73.2. The van der Waals surface area contributed by atoms with Crippen LogP contribution in [0.2, 0.25) is 0 Å². The fourth-order valence-corrected chi connectivity index (χ4v) is 2.45. The van der Waals surface area contributed by atoms with E-state index in [0.717, 1.165) is 13.8 Å². The molecule has 0 aliphatic heterocycles. The molecular weight excluding hydrogens is 210 g/mol. The van der Waals surface area contributed by atoms with E-state index in [9.17, 15) is 26.3 Å². The highest BCUT2D eigenvalue weighted by molar-refractivity contribution is 4.99. The Morgan fingerprint density at radius 1 is 0.643 bits per heavy atom. The smallest absolute Gasteiger partial charge is 0.171 e. The molecule has 1 aliphatic rings. The maximum Gasteiger partial charge on any atom is 0.392 e. The third kappa shape index (κ3) is 1.70. The summed E-state index contributed by atoms with van der Waals surface area (Å²) in [5.41, 5.74) is 0. The van der Waals surface area contributed by atoms with Gasteiger partial charge >= 0.3 is 12.4 Å². The van der Waals surface area contributed by atoms with Gasteiger partial charge in [0.15, 0.2) is 0 Å². The molecule has 1 saturated carbocycles. The molecule has 1 fully saturated rings. The van der Waals surface area contributed by atoms with Crippen molar-refractivity contribution in [1.29, 1.82) is 0 Å². The summed E-state index contributed by atoms with van der Waals surface area (Å²) in [7, 11) is 0. The third-order valence-electron chi connectivity index (χ3n) is 3.02. The average Bonchev–Trinajstić information content (AvgIpc) is 1.78. The Balaban J connectivity index is 2.76. The zero-order valence-corrected chi connectivity index (χ0v) is 7.58. The van der Waals surface area contributed by atoms with E-state index < -0.39 is 36.0 Å². The summed E-state index contributed by atoms with van der Waals surface area (Å²) >= 11 is 0. The third-order valence-corrected chi connectivity index (χ3v) is 3.02. The molecule has 1 aliphatic carbocycles. The van der Waals surface area contributed by atoms with E-state index in [1.165, 1.54) is 0 Å². The fraction of sp³-hybridized carbons (Fsp3) is 1.00. The van der Waals surface area contributed by atoms with Crippen molar-refractivity contribution in [2.45, 2.75) is 26.2 Å². The van der Waals surface area contributed by atoms with E-state index in [1.54, 1.807) is 0 Å². The summed E-state index contributed by atoms with van der Waals surface area (Å²) in [5, 5.41) is 0. The van der Waals surface area contributed by atoms with Gasteiger partial charge in [-0.1, -0.05) is 13.8 Å². The second-order valence-electron chi connectivity index (χ2n) is 3.85. The molecule has 0 aromatic heterocycles. The first kappa shape index (κ1) is 11.7. The molecule has 0 nitrogen and oxygen atoms in total. The molecule has 0 aromatic rings. The lowest BCUT2D eigenvalue weighted by Crippen LogP contribution is -2.56. The van der Waals surface area contributed by atoms with Gasteiger partial charge in [-0.15, -0.1) is 0 Å². The largest absolute Gasteiger partial charge is 0.392 e. The Labute approximate surface area is 77.3 Å². The molecule has 0 amide bonds. The van der Waals surface area contributed by atoms with E-state index >= 15 is 0 Å². The lowest BCUT2D eigenvalue weighted by Gasteiger charge is -2.50. The first-order valence-electron chi connectivity index (χ1n) is 4.20. The molecule has 0 atom stereocenters. The van der Waals surface area contributed by atoms with Crippen LogP contribution in [0.4, 0.5) is 26.3 Å². The molecule has 0 aromatic carbocycles. The SMILES string of the molecule is CC1C(C(F)(F)F)C(C)C1C(F)(F)F. The molecule has 14 heavy (non-hydrogen) atoms. The minimum Gasteiger partial charge on any atom is -0.171 e. The van der Waals surface area contributed by atoms with Crippen molar-refractivity contribution in [2.75, 3.05) is 0 Å². The van der Waals surface area contributed by atoms with Crippen molar-refractivity contribution in [1.82, 2.24) is 0 Å². The number of hydrogen-bond donors (Lipinski definition) is 0. The second-order valence-corrected chi connectivity index (χ2v) is 3.85. The van der Waals surface area contributed by atoms with E-state index in [0.29, 0.717) is 0 Å². The number of hydrogen-bond acceptors (Lipinski definition) is 0. The summed E-state index contributed by atoms with van der Waals surface area (Å²) in [4.78, 5) is 0. The van der Waals surface area contributed by atoms with Crippen LogP contribution in [-0.4, -0.2) is 12.4 Å². The van der Waals surface area contributed by atoms with Gasteiger partial charge in [-0.05, 0) is 11.8 Å². The Morgan fingerprint density at radius 2 is 0.857 bits per heavy atom. The van der Waals surface area contributed by atoms with E-state index in [-0.39, 0.29) is 0 Å². The maximum atomic E-state index is 12.2. The quantitative estimate of drug-likeness (QED) is 0.547. The van der Waals surface area contributed by atoms with Crippen LogP contribution < -0.4 is 0 Å². The fourth-order valence-electron chi connectivity index (χ4n) is 2.45. The van der Waals surface area contributed by atoms with Gasteiger partial charge in [0.25, 0.3) is 0 Å². The normalized spacial score (nSPS) is 39.4. The first-order chi connectivity index (χ1) is 6.07. The van der Waals surface area contributed by atoms with Crippen LogP contribution in [0.3, 0.4) is 0 Å². The van der Waals surface area contributed by atoms with Crippen LogP contribution in [0.5, 0.6) is 0 Å². The Hall–Kier alpha value is -0.420. The maximum absolute atomic E-state index is 12.2. The molecule has 0 heterocycles. The van der Waals surface area contributed by atoms with E-state index in [1.807, 2.05) is 0 Å². The zero-order valence-electron chi connectivity index (χ0n) is 7.58. The number of halogens is 6. The van der Waals surface area contributed by atoms with Gasteiger partial charge in [-0.25, -0.2) is 0 Å². The van der Waals surface area contributed by atoms with Crippen LogP contribution in [0.1, 0.15) is 13.8 Å². The molecule has 0 radical (unpaired) electrons. The van der Waals surface area contributed by atoms with Gasteiger partial charge in [-0.2, -0.15) is 26.3 Å². The molecule has 0 saturated heterocycles.